The molecule has 3 aromatic heterocycles. The van der Waals surface area contributed by atoms with Crippen molar-refractivity contribution in [3.8, 4) is 0 Å². The number of nitrogens with one attached hydrogen (secondary N) is 2. The van der Waals surface area contributed by atoms with E-state index in [-0.39, 0.29) is 24.1 Å². The summed E-state index contributed by atoms with van der Waals surface area (Å²) in [5.41, 5.74) is 5.10. The van der Waals surface area contributed by atoms with Gasteiger partial charge >= 0.3 is 11.8 Å². The Labute approximate surface area is 290 Å². The molecule has 3 aliphatic heterocycles. The SMILES string of the molecule is Cc1cc(C[C@@H](OC(=O)N2CCC(n3c(=O)[nH]c4c5ccccc5ncc43)CC2)C(=O)N2CCN(C3CCN(C)CC3)CC2)cc2cn[nH]c12. The van der Waals surface area contributed by atoms with Gasteiger partial charge in [-0.3, -0.25) is 24.3 Å². The van der Waals surface area contributed by atoms with E-state index in [0.29, 0.717) is 45.1 Å². The molecule has 0 spiro atoms. The zero-order valence-electron chi connectivity index (χ0n) is 28.8. The average Bonchev–Trinajstić information content (AvgIpc) is 3.76. The van der Waals surface area contributed by atoms with Gasteiger partial charge in [0.1, 0.15) is 0 Å². The second-order valence-electron chi connectivity index (χ2n) is 14.3. The molecule has 0 unspecified atom stereocenters. The molecule has 5 aromatic rings. The monoisotopic (exact) mass is 679 g/mol. The molecule has 3 fully saturated rings. The van der Waals surface area contributed by atoms with Crippen LogP contribution < -0.4 is 5.69 Å². The number of aryl methyl sites for hydroxylation is 1. The van der Waals surface area contributed by atoms with Gasteiger partial charge in [-0.2, -0.15) is 5.10 Å². The third-order valence-corrected chi connectivity index (χ3v) is 11.1. The van der Waals surface area contributed by atoms with Gasteiger partial charge < -0.3 is 24.4 Å². The highest BCUT2D eigenvalue weighted by molar-refractivity contribution is 6.01. The summed E-state index contributed by atoms with van der Waals surface area (Å²) in [5, 5.41) is 9.08. The van der Waals surface area contributed by atoms with Crippen LogP contribution in [0.2, 0.25) is 0 Å². The number of hydrogen-bond donors (Lipinski definition) is 2. The summed E-state index contributed by atoms with van der Waals surface area (Å²) in [5.74, 6) is -0.147. The van der Waals surface area contributed by atoms with Crippen LogP contribution >= 0.6 is 0 Å². The average molecular weight is 680 g/mol. The molecular weight excluding hydrogens is 634 g/mol. The van der Waals surface area contributed by atoms with Crippen molar-refractivity contribution in [1.29, 1.82) is 0 Å². The van der Waals surface area contributed by atoms with Crippen molar-refractivity contribution >= 4 is 44.8 Å². The van der Waals surface area contributed by atoms with E-state index in [4.69, 9.17) is 4.74 Å². The van der Waals surface area contributed by atoms with Crippen molar-refractivity contribution < 1.29 is 14.3 Å². The van der Waals surface area contributed by atoms with Crippen LogP contribution in [0.15, 0.2) is 53.6 Å². The molecule has 262 valence electrons. The summed E-state index contributed by atoms with van der Waals surface area (Å²) in [7, 11) is 2.17. The highest BCUT2D eigenvalue weighted by Gasteiger charge is 2.35. The number of ether oxygens (including phenoxy) is 1. The lowest BCUT2D eigenvalue weighted by Gasteiger charge is -2.42. The number of aromatic nitrogens is 5. The zero-order valence-corrected chi connectivity index (χ0v) is 28.8. The number of rotatable bonds is 6. The number of fused-ring (bicyclic) bond motifs is 4. The number of piperazine rings is 1. The molecule has 1 atom stereocenters. The second-order valence-corrected chi connectivity index (χ2v) is 14.3. The van der Waals surface area contributed by atoms with Crippen molar-refractivity contribution in [3.05, 3.63) is 70.4 Å². The summed E-state index contributed by atoms with van der Waals surface area (Å²) < 4.78 is 7.92. The lowest BCUT2D eigenvalue weighted by atomic mass is 10.0. The first-order valence-corrected chi connectivity index (χ1v) is 17.9. The van der Waals surface area contributed by atoms with Crippen LogP contribution in [0.3, 0.4) is 0 Å². The van der Waals surface area contributed by atoms with Gasteiger partial charge in [-0.25, -0.2) is 9.59 Å². The Kier molecular flexibility index (Phi) is 8.77. The fraction of sp³-hybridized carbons (Fsp3) is 0.486. The first-order valence-electron chi connectivity index (χ1n) is 17.9. The molecule has 8 rings (SSSR count). The molecule has 0 aliphatic carbocycles. The molecule has 0 bridgehead atoms. The minimum atomic E-state index is -0.950. The van der Waals surface area contributed by atoms with Crippen LogP contribution in [-0.2, 0) is 16.0 Å². The Morgan fingerprint density at radius 2 is 1.64 bits per heavy atom. The van der Waals surface area contributed by atoms with Crippen LogP contribution in [0.25, 0.3) is 32.8 Å². The van der Waals surface area contributed by atoms with E-state index in [1.54, 1.807) is 21.9 Å². The molecular formula is C37H45N9O4. The minimum absolute atomic E-state index is 0.0915. The maximum absolute atomic E-state index is 14.1. The Balaban J connectivity index is 0.961. The van der Waals surface area contributed by atoms with Crippen molar-refractivity contribution in [1.82, 2.24) is 44.3 Å². The number of pyridine rings is 1. The highest BCUT2D eigenvalue weighted by Crippen LogP contribution is 2.29. The number of carbonyl (C=O) groups is 2. The third kappa shape index (κ3) is 6.24. The topological polar surface area (TPSA) is 136 Å². The summed E-state index contributed by atoms with van der Waals surface area (Å²) >= 11 is 0. The lowest BCUT2D eigenvalue weighted by molar-refractivity contribution is -0.143. The van der Waals surface area contributed by atoms with Gasteiger partial charge in [-0.15, -0.1) is 0 Å². The highest BCUT2D eigenvalue weighted by atomic mass is 16.6. The minimum Gasteiger partial charge on any atom is -0.436 e. The number of imidazole rings is 1. The first-order chi connectivity index (χ1) is 24.3. The number of nitrogens with zero attached hydrogens (tertiary/aromatic N) is 7. The van der Waals surface area contributed by atoms with Crippen molar-refractivity contribution in [3.63, 3.8) is 0 Å². The molecule has 0 radical (unpaired) electrons. The molecule has 3 aliphatic rings. The van der Waals surface area contributed by atoms with Gasteiger partial charge in [0.25, 0.3) is 5.91 Å². The molecule has 3 saturated heterocycles. The number of likely N-dealkylation sites (tertiary alicyclic amines) is 2. The van der Waals surface area contributed by atoms with E-state index < -0.39 is 12.2 Å². The predicted octanol–water partition coefficient (Wildman–Crippen LogP) is 3.69. The zero-order chi connectivity index (χ0) is 34.4. The van der Waals surface area contributed by atoms with Gasteiger partial charge in [0.2, 0.25) is 0 Å². The lowest BCUT2D eigenvalue weighted by Crippen LogP contribution is -2.56. The molecule has 13 nitrogen and oxygen atoms in total. The van der Waals surface area contributed by atoms with E-state index in [0.717, 1.165) is 83.0 Å². The molecule has 13 heteroatoms. The number of benzene rings is 2. The van der Waals surface area contributed by atoms with Crippen LogP contribution in [-0.4, -0.2) is 128 Å². The van der Waals surface area contributed by atoms with Crippen molar-refractivity contribution in [2.45, 2.75) is 57.2 Å². The molecule has 2 N–H and O–H groups in total. The number of piperidine rings is 2. The fourth-order valence-electron chi connectivity index (χ4n) is 8.28. The van der Waals surface area contributed by atoms with Gasteiger partial charge in [0.05, 0.1) is 34.5 Å². The maximum Gasteiger partial charge on any atom is 0.410 e. The quantitative estimate of drug-likeness (QED) is 0.278. The summed E-state index contributed by atoms with van der Waals surface area (Å²) in [6, 6.07) is 12.3. The van der Waals surface area contributed by atoms with Gasteiger partial charge in [-0.1, -0.05) is 24.3 Å². The smallest absolute Gasteiger partial charge is 0.410 e. The second kappa shape index (κ2) is 13.5. The van der Waals surface area contributed by atoms with E-state index in [9.17, 15) is 14.4 Å². The summed E-state index contributed by atoms with van der Waals surface area (Å²) in [6.45, 7) is 7.94. The molecule has 50 heavy (non-hydrogen) atoms. The number of para-hydroxylation sites is 1. The Morgan fingerprint density at radius 3 is 2.42 bits per heavy atom. The predicted molar refractivity (Wildman–Crippen MR) is 191 cm³/mol. The van der Waals surface area contributed by atoms with Crippen LogP contribution in [0.4, 0.5) is 4.79 Å². The first kappa shape index (κ1) is 32.5. The van der Waals surface area contributed by atoms with Crippen LogP contribution in [0.1, 0.15) is 42.9 Å². The van der Waals surface area contributed by atoms with E-state index >= 15 is 0 Å². The standard InChI is InChI=1S/C37H45N9O4/c1-24-19-25(20-26-22-39-41-33(24)26)21-32(35(47)44-17-15-43(16-18-44)27-7-11-42(2)12-8-27)50-37(49)45-13-9-28(10-14-45)46-31-23-38-30-6-4-3-5-29(30)34(31)40-36(46)48/h3-6,19-20,22-23,27-28,32H,7-18,21H2,1-2H3,(H,39,41)(H,40,48)/t32-/m1/s1. The van der Waals surface area contributed by atoms with E-state index in [1.165, 1.54) is 0 Å². The number of carbonyl (C=O) groups excluding carboxylic acids is 2. The number of aromatic amines is 2. The largest absolute Gasteiger partial charge is 0.436 e. The third-order valence-electron chi connectivity index (χ3n) is 11.1. The van der Waals surface area contributed by atoms with Gasteiger partial charge in [-0.05, 0) is 76.0 Å². The Hall–Kier alpha value is -4.75. The number of H-pyrrole nitrogens is 2. The van der Waals surface area contributed by atoms with E-state index in [2.05, 4.69) is 37.0 Å². The van der Waals surface area contributed by atoms with Crippen LogP contribution in [0.5, 0.6) is 0 Å². The molecule has 0 saturated carbocycles. The Morgan fingerprint density at radius 1 is 0.900 bits per heavy atom. The molecule has 2 amide bonds. The number of hydrogen-bond acceptors (Lipinski definition) is 8. The summed E-state index contributed by atoms with van der Waals surface area (Å²) in [6.07, 6.45) is 5.84. The molecule has 2 aromatic carbocycles. The van der Waals surface area contributed by atoms with Crippen molar-refractivity contribution in [2.24, 2.45) is 0 Å². The Bertz CT molecular complexity index is 2080. The van der Waals surface area contributed by atoms with Gasteiger partial charge in [0.15, 0.2) is 6.10 Å². The normalized spacial score (nSPS) is 19.5. The van der Waals surface area contributed by atoms with E-state index in [1.807, 2.05) is 48.2 Å². The fourth-order valence-corrected chi connectivity index (χ4v) is 8.28. The maximum atomic E-state index is 14.1. The van der Waals surface area contributed by atoms with Gasteiger partial charge in [0, 0.05) is 68.5 Å². The van der Waals surface area contributed by atoms with Crippen LogP contribution in [0, 0.1) is 6.92 Å². The molecule has 6 heterocycles. The number of amides is 2. The summed E-state index contributed by atoms with van der Waals surface area (Å²) in [4.78, 5) is 57.1. The van der Waals surface area contributed by atoms with Crippen molar-refractivity contribution in [2.75, 3.05) is 59.4 Å².